The number of rotatable bonds is 4. The van der Waals surface area contributed by atoms with Crippen LogP contribution in [0.15, 0.2) is 58.4 Å². The molecule has 2 N–H and O–H groups in total. The number of likely N-dealkylation sites (N-methyl/N-ethyl adjacent to an activating group) is 1. The summed E-state index contributed by atoms with van der Waals surface area (Å²) in [5.74, 6) is 0.538. The predicted molar refractivity (Wildman–Crippen MR) is 108 cm³/mol. The molecular formula is C21H22N4OS. The van der Waals surface area contributed by atoms with E-state index in [9.17, 15) is 10.1 Å². The van der Waals surface area contributed by atoms with Crippen LogP contribution in [0.25, 0.3) is 0 Å². The standard InChI is InChI=1S/C21H22N4OS/c1-4-27-17-10-8-15(9-11-17)18-19(26)25(3)20(23)24-21(18,2)16-7-5-6-14(12-16)13-22/h5-12,18H,4H2,1-3H3,(H2,23,24)/t18-,21-/m1/s1. The van der Waals surface area contributed by atoms with Gasteiger partial charge in [0, 0.05) is 11.9 Å². The lowest BCUT2D eigenvalue weighted by atomic mass is 9.74. The fraction of sp³-hybridized carbons (Fsp3) is 0.286. The minimum atomic E-state index is -0.889. The van der Waals surface area contributed by atoms with Gasteiger partial charge in [-0.2, -0.15) is 5.26 Å². The van der Waals surface area contributed by atoms with Gasteiger partial charge in [-0.15, -0.1) is 11.8 Å². The molecule has 0 aromatic heterocycles. The quantitative estimate of drug-likeness (QED) is 0.826. The van der Waals surface area contributed by atoms with Crippen molar-refractivity contribution >= 4 is 23.6 Å². The van der Waals surface area contributed by atoms with Crippen LogP contribution in [0.4, 0.5) is 0 Å². The van der Waals surface area contributed by atoms with E-state index in [1.165, 1.54) is 4.90 Å². The number of hydrogen-bond donors (Lipinski definition) is 1. The monoisotopic (exact) mass is 378 g/mol. The number of carbonyl (C=O) groups excluding carboxylic acids is 1. The summed E-state index contributed by atoms with van der Waals surface area (Å²) in [7, 11) is 1.64. The average molecular weight is 379 g/mol. The third-order valence-corrected chi connectivity index (χ3v) is 5.82. The molecule has 0 saturated heterocycles. The van der Waals surface area contributed by atoms with E-state index in [0.717, 1.165) is 21.8 Å². The zero-order valence-corrected chi connectivity index (χ0v) is 16.5. The van der Waals surface area contributed by atoms with Crippen LogP contribution in [0.2, 0.25) is 0 Å². The van der Waals surface area contributed by atoms with Gasteiger partial charge in [-0.1, -0.05) is 31.2 Å². The summed E-state index contributed by atoms with van der Waals surface area (Å²) >= 11 is 1.75. The van der Waals surface area contributed by atoms with Crippen molar-refractivity contribution in [2.24, 2.45) is 10.7 Å². The fourth-order valence-corrected chi connectivity index (χ4v) is 4.11. The van der Waals surface area contributed by atoms with Crippen LogP contribution >= 0.6 is 11.8 Å². The van der Waals surface area contributed by atoms with Crippen LogP contribution in [0.3, 0.4) is 0 Å². The third kappa shape index (κ3) is 3.43. The van der Waals surface area contributed by atoms with Crippen molar-refractivity contribution < 1.29 is 4.79 Å². The first-order valence-corrected chi connectivity index (χ1v) is 9.75. The Morgan fingerprint density at radius 2 is 2.00 bits per heavy atom. The molecule has 6 heteroatoms. The van der Waals surface area contributed by atoms with E-state index in [4.69, 9.17) is 10.7 Å². The van der Waals surface area contributed by atoms with Crippen molar-refractivity contribution in [2.45, 2.75) is 30.2 Å². The predicted octanol–water partition coefficient (Wildman–Crippen LogP) is 3.46. The van der Waals surface area contributed by atoms with E-state index in [0.29, 0.717) is 5.56 Å². The zero-order chi connectivity index (χ0) is 19.6. The Morgan fingerprint density at radius 1 is 1.30 bits per heavy atom. The van der Waals surface area contributed by atoms with Gasteiger partial charge in [0.15, 0.2) is 5.96 Å². The molecule has 5 nitrogen and oxygen atoms in total. The van der Waals surface area contributed by atoms with Gasteiger partial charge in [0.1, 0.15) is 5.54 Å². The number of carbonyl (C=O) groups is 1. The van der Waals surface area contributed by atoms with Crippen molar-refractivity contribution in [3.63, 3.8) is 0 Å². The largest absolute Gasteiger partial charge is 0.369 e. The third-order valence-electron chi connectivity index (χ3n) is 4.93. The Balaban J connectivity index is 2.15. The number of guanidine groups is 1. The second-order valence-electron chi connectivity index (χ2n) is 6.64. The van der Waals surface area contributed by atoms with Gasteiger partial charge >= 0.3 is 0 Å². The second kappa shape index (κ2) is 7.45. The maximum atomic E-state index is 13.2. The number of nitriles is 1. The first kappa shape index (κ1) is 19.0. The second-order valence-corrected chi connectivity index (χ2v) is 7.98. The normalized spacial score (nSPS) is 22.3. The molecule has 1 aliphatic rings. The molecule has 1 heterocycles. The molecule has 2 atom stereocenters. The van der Waals surface area contributed by atoms with E-state index in [-0.39, 0.29) is 11.9 Å². The summed E-state index contributed by atoms with van der Waals surface area (Å²) in [6.07, 6.45) is 0. The van der Waals surface area contributed by atoms with Crippen LogP contribution in [0.5, 0.6) is 0 Å². The summed E-state index contributed by atoms with van der Waals surface area (Å²) in [6, 6.07) is 17.4. The molecule has 0 radical (unpaired) electrons. The average Bonchev–Trinajstić information content (AvgIpc) is 2.68. The van der Waals surface area contributed by atoms with Crippen LogP contribution < -0.4 is 5.73 Å². The Kier molecular flexibility index (Phi) is 5.24. The number of nitrogens with zero attached hydrogens (tertiary/aromatic N) is 3. The lowest BCUT2D eigenvalue weighted by Gasteiger charge is -2.41. The molecule has 0 unspecified atom stereocenters. The van der Waals surface area contributed by atoms with Gasteiger partial charge in [-0.05, 0) is 48.1 Å². The van der Waals surface area contributed by atoms with E-state index in [1.54, 1.807) is 30.9 Å². The highest BCUT2D eigenvalue weighted by molar-refractivity contribution is 7.99. The van der Waals surface area contributed by atoms with E-state index >= 15 is 0 Å². The first-order valence-electron chi connectivity index (χ1n) is 8.77. The van der Waals surface area contributed by atoms with E-state index in [1.807, 2.05) is 43.3 Å². The Labute approximate surface area is 163 Å². The summed E-state index contributed by atoms with van der Waals surface area (Å²) in [5, 5.41) is 9.27. The summed E-state index contributed by atoms with van der Waals surface area (Å²) < 4.78 is 0. The molecule has 0 aliphatic carbocycles. The number of thioether (sulfide) groups is 1. The van der Waals surface area contributed by atoms with Crippen molar-refractivity contribution in [2.75, 3.05) is 12.8 Å². The van der Waals surface area contributed by atoms with E-state index in [2.05, 4.69) is 13.0 Å². The molecule has 0 fully saturated rings. The molecule has 2 aromatic rings. The van der Waals surface area contributed by atoms with Gasteiger partial charge in [0.05, 0.1) is 17.6 Å². The molecule has 1 aliphatic heterocycles. The number of amides is 1. The van der Waals surface area contributed by atoms with Gasteiger partial charge in [0.2, 0.25) is 5.91 Å². The lowest BCUT2D eigenvalue weighted by Crippen LogP contribution is -2.52. The van der Waals surface area contributed by atoms with Crippen molar-refractivity contribution in [3.05, 3.63) is 65.2 Å². The number of nitrogens with two attached hydrogens (primary N) is 1. The summed E-state index contributed by atoms with van der Waals surface area (Å²) in [6.45, 7) is 4.01. The molecule has 138 valence electrons. The SMILES string of the molecule is CCSc1ccc([C@@H]2C(=O)N(C)C(N)=N[C@]2(C)c2cccc(C#N)c2)cc1. The highest BCUT2D eigenvalue weighted by Crippen LogP contribution is 2.44. The Hall–Kier alpha value is -2.78. The molecule has 0 bridgehead atoms. The molecule has 0 spiro atoms. The highest BCUT2D eigenvalue weighted by Gasteiger charge is 2.47. The maximum absolute atomic E-state index is 13.2. The Bertz CT molecular complexity index is 932. The molecular weight excluding hydrogens is 356 g/mol. The van der Waals surface area contributed by atoms with Gasteiger partial charge in [0.25, 0.3) is 0 Å². The molecule has 3 rings (SSSR count). The molecule has 0 saturated carbocycles. The zero-order valence-electron chi connectivity index (χ0n) is 15.6. The first-order chi connectivity index (χ1) is 12.9. The van der Waals surface area contributed by atoms with Crippen molar-refractivity contribution in [1.82, 2.24) is 4.90 Å². The maximum Gasteiger partial charge on any atom is 0.239 e. The van der Waals surface area contributed by atoms with Crippen molar-refractivity contribution in [1.29, 1.82) is 5.26 Å². The number of aliphatic imine (C=N–C) groups is 1. The minimum Gasteiger partial charge on any atom is -0.369 e. The van der Waals surface area contributed by atoms with Gasteiger partial charge in [-0.3, -0.25) is 9.69 Å². The van der Waals surface area contributed by atoms with Crippen LogP contribution in [-0.4, -0.2) is 29.6 Å². The number of hydrogen-bond acceptors (Lipinski definition) is 5. The van der Waals surface area contributed by atoms with Gasteiger partial charge < -0.3 is 5.73 Å². The smallest absolute Gasteiger partial charge is 0.239 e. The minimum absolute atomic E-state index is 0.108. The summed E-state index contributed by atoms with van der Waals surface area (Å²) in [4.78, 5) is 20.4. The van der Waals surface area contributed by atoms with Crippen LogP contribution in [0.1, 0.15) is 36.5 Å². The molecule has 1 amide bonds. The molecule has 27 heavy (non-hydrogen) atoms. The van der Waals surface area contributed by atoms with Gasteiger partial charge in [-0.25, -0.2) is 4.99 Å². The molecule has 2 aromatic carbocycles. The summed E-state index contributed by atoms with van der Waals surface area (Å²) in [5.41, 5.74) is 7.36. The number of benzene rings is 2. The Morgan fingerprint density at radius 3 is 2.63 bits per heavy atom. The van der Waals surface area contributed by atoms with Crippen LogP contribution in [0, 0.1) is 11.3 Å². The van der Waals surface area contributed by atoms with Crippen LogP contribution in [-0.2, 0) is 10.3 Å². The van der Waals surface area contributed by atoms with E-state index < -0.39 is 11.5 Å². The highest BCUT2D eigenvalue weighted by atomic mass is 32.2. The lowest BCUT2D eigenvalue weighted by molar-refractivity contribution is -0.130. The fourth-order valence-electron chi connectivity index (χ4n) is 3.45. The van der Waals surface area contributed by atoms with Crippen molar-refractivity contribution in [3.8, 4) is 6.07 Å². The topological polar surface area (TPSA) is 82.5 Å².